The van der Waals surface area contributed by atoms with E-state index in [1.54, 1.807) is 18.2 Å². The first-order chi connectivity index (χ1) is 12.3. The van der Waals surface area contributed by atoms with Crippen molar-refractivity contribution in [2.45, 2.75) is 18.1 Å². The number of halogens is 1. The van der Waals surface area contributed by atoms with Crippen LogP contribution in [0.25, 0.3) is 0 Å². The number of rotatable bonds is 5. The van der Waals surface area contributed by atoms with Crippen LogP contribution in [-0.4, -0.2) is 15.6 Å². The molecule has 0 saturated heterocycles. The molecule has 0 fully saturated rings. The molecule has 0 radical (unpaired) electrons. The van der Waals surface area contributed by atoms with Gasteiger partial charge in [-0.1, -0.05) is 84.4 Å². The molecule has 3 rings (SSSR count). The summed E-state index contributed by atoms with van der Waals surface area (Å²) in [6, 6.07) is 19.3. The minimum Gasteiger partial charge on any atom is -0.323 e. The summed E-state index contributed by atoms with van der Waals surface area (Å²) >= 11 is 6.10. The molecule has 0 aliphatic heterocycles. The fourth-order valence-electron chi connectivity index (χ4n) is 3.67. The van der Waals surface area contributed by atoms with Gasteiger partial charge < -0.3 is 15.5 Å². The van der Waals surface area contributed by atoms with Crippen LogP contribution in [0.15, 0.2) is 83.9 Å². The van der Waals surface area contributed by atoms with Gasteiger partial charge >= 0.3 is 7.60 Å². The van der Waals surface area contributed by atoms with Gasteiger partial charge in [0.25, 0.3) is 0 Å². The Labute approximate surface area is 158 Å². The third kappa shape index (κ3) is 3.71. The average Bonchev–Trinajstić information content (AvgIpc) is 2.64. The van der Waals surface area contributed by atoms with Crippen LogP contribution in [-0.2, 0) is 4.57 Å². The molecule has 0 heterocycles. The normalized spacial score (nSPS) is 21.5. The molecule has 0 saturated carbocycles. The highest BCUT2D eigenvalue weighted by molar-refractivity contribution is 7.52. The van der Waals surface area contributed by atoms with Crippen molar-refractivity contribution in [3.63, 3.8) is 0 Å². The first kappa shape index (κ1) is 19.1. The molecule has 1 aliphatic rings. The summed E-state index contributed by atoms with van der Waals surface area (Å²) in [5.74, 6) is -1.69. The van der Waals surface area contributed by atoms with Crippen molar-refractivity contribution in [3.8, 4) is 0 Å². The van der Waals surface area contributed by atoms with Crippen LogP contribution in [0.5, 0.6) is 0 Å². The lowest BCUT2D eigenvalue weighted by molar-refractivity contribution is 0.265. The van der Waals surface area contributed by atoms with E-state index in [-0.39, 0.29) is 5.92 Å². The van der Waals surface area contributed by atoms with Crippen LogP contribution in [0.2, 0.25) is 0 Å². The maximum atomic E-state index is 12.2. The van der Waals surface area contributed by atoms with E-state index in [1.165, 1.54) is 0 Å². The monoisotopic (exact) mass is 389 g/mol. The fourth-order valence-corrected chi connectivity index (χ4v) is 4.77. The van der Waals surface area contributed by atoms with Gasteiger partial charge in [-0.25, -0.2) is 0 Å². The Morgan fingerprint density at radius 2 is 1.50 bits per heavy atom. The topological polar surface area (TPSA) is 83.6 Å². The summed E-state index contributed by atoms with van der Waals surface area (Å²) in [6.45, 7) is 0. The van der Waals surface area contributed by atoms with Gasteiger partial charge in [0.05, 0.1) is 0 Å². The van der Waals surface area contributed by atoms with Gasteiger partial charge in [0, 0.05) is 16.4 Å². The summed E-state index contributed by atoms with van der Waals surface area (Å²) < 4.78 is 12.2. The predicted molar refractivity (Wildman–Crippen MR) is 105 cm³/mol. The molecule has 1 unspecified atom stereocenters. The van der Waals surface area contributed by atoms with Gasteiger partial charge in [0.1, 0.15) is 5.78 Å². The van der Waals surface area contributed by atoms with E-state index in [2.05, 4.69) is 0 Å². The zero-order chi connectivity index (χ0) is 18.8. The zero-order valence-corrected chi connectivity index (χ0v) is 15.7. The Morgan fingerprint density at radius 1 is 1.00 bits per heavy atom. The molecule has 2 aromatic carbocycles. The highest BCUT2D eigenvalue weighted by Gasteiger charge is 2.50. The summed E-state index contributed by atoms with van der Waals surface area (Å²) in [5.41, 5.74) is 7.08. The molecule has 6 heteroatoms. The smallest absolute Gasteiger partial charge is 0.323 e. The minimum absolute atomic E-state index is 0.329. The first-order valence-electron chi connectivity index (χ1n) is 8.30. The Balaban J connectivity index is 2.24. The summed E-state index contributed by atoms with van der Waals surface area (Å²) in [5, 5.41) is 0.540. The SMILES string of the molecule is N[C@@H](C1(C(c2ccccc2)c2ccccc2)C=CC(Cl)=CC1)P(=O)(O)O. The maximum Gasteiger partial charge on any atom is 0.343 e. The largest absolute Gasteiger partial charge is 0.343 e. The van der Waals surface area contributed by atoms with E-state index in [0.717, 1.165) is 11.1 Å². The highest BCUT2D eigenvalue weighted by atomic mass is 35.5. The molecule has 0 aromatic heterocycles. The standard InChI is InChI=1S/C20H21ClNO3P/c21-17-11-13-20(14-12-17,19(22)26(23,24)25)18(15-7-3-1-4-8-15)16-9-5-2-6-10-16/h1-13,18-19H,14,22H2,(H2,23,24,25)/t19-,20?/m1/s1. The molecule has 2 atom stereocenters. The van der Waals surface area contributed by atoms with Crippen molar-refractivity contribution in [1.29, 1.82) is 0 Å². The third-order valence-corrected chi connectivity index (χ3v) is 6.41. The number of allylic oxidation sites excluding steroid dienone is 3. The van der Waals surface area contributed by atoms with Crippen LogP contribution in [0.1, 0.15) is 23.5 Å². The van der Waals surface area contributed by atoms with Crippen molar-refractivity contribution in [2.24, 2.45) is 11.1 Å². The zero-order valence-electron chi connectivity index (χ0n) is 14.1. The van der Waals surface area contributed by atoms with Gasteiger partial charge in [-0.05, 0) is 23.6 Å². The molecule has 26 heavy (non-hydrogen) atoms. The van der Waals surface area contributed by atoms with Crippen molar-refractivity contribution in [1.82, 2.24) is 0 Å². The third-order valence-electron chi connectivity index (χ3n) is 4.92. The molecule has 2 aromatic rings. The second-order valence-electron chi connectivity index (χ2n) is 6.53. The number of hydrogen-bond acceptors (Lipinski definition) is 2. The van der Waals surface area contributed by atoms with Gasteiger partial charge in [-0.2, -0.15) is 0 Å². The van der Waals surface area contributed by atoms with Crippen LogP contribution in [0.4, 0.5) is 0 Å². The Bertz CT molecular complexity index is 824. The minimum atomic E-state index is -4.55. The molecule has 136 valence electrons. The van der Waals surface area contributed by atoms with Crippen LogP contribution < -0.4 is 5.73 Å². The van der Waals surface area contributed by atoms with Crippen LogP contribution >= 0.6 is 19.2 Å². The summed E-state index contributed by atoms with van der Waals surface area (Å²) in [6.07, 6.45) is 5.56. The van der Waals surface area contributed by atoms with Crippen LogP contribution in [0.3, 0.4) is 0 Å². The van der Waals surface area contributed by atoms with Gasteiger partial charge in [-0.15, -0.1) is 0 Å². The van der Waals surface area contributed by atoms with Gasteiger partial charge in [0.2, 0.25) is 0 Å². The molecule has 4 nitrogen and oxygen atoms in total. The Hall–Kier alpha value is -1.68. The molecule has 0 amide bonds. The summed E-state index contributed by atoms with van der Waals surface area (Å²) in [7, 11) is -4.55. The molecular weight excluding hydrogens is 369 g/mol. The lowest BCUT2D eigenvalue weighted by Gasteiger charge is -2.44. The first-order valence-corrected chi connectivity index (χ1v) is 10.4. The maximum absolute atomic E-state index is 12.2. The van der Waals surface area contributed by atoms with E-state index in [1.807, 2.05) is 60.7 Å². The fraction of sp³-hybridized carbons (Fsp3) is 0.200. The summed E-state index contributed by atoms with van der Waals surface area (Å²) in [4.78, 5) is 19.8. The molecule has 1 aliphatic carbocycles. The van der Waals surface area contributed by atoms with Crippen molar-refractivity contribution >= 4 is 19.2 Å². The van der Waals surface area contributed by atoms with E-state index < -0.39 is 18.8 Å². The molecule has 0 spiro atoms. The lowest BCUT2D eigenvalue weighted by Crippen LogP contribution is -2.45. The van der Waals surface area contributed by atoms with E-state index >= 15 is 0 Å². The van der Waals surface area contributed by atoms with E-state index in [0.29, 0.717) is 11.5 Å². The molecule has 0 bridgehead atoms. The van der Waals surface area contributed by atoms with Crippen molar-refractivity contribution < 1.29 is 14.4 Å². The number of nitrogens with two attached hydrogens (primary N) is 1. The second kappa shape index (κ2) is 7.51. The molecule has 4 N–H and O–H groups in total. The quantitative estimate of drug-likeness (QED) is 0.664. The van der Waals surface area contributed by atoms with Crippen molar-refractivity contribution in [3.05, 3.63) is 95.1 Å². The lowest BCUT2D eigenvalue weighted by atomic mass is 9.65. The second-order valence-corrected chi connectivity index (χ2v) is 8.70. The highest BCUT2D eigenvalue weighted by Crippen LogP contribution is 2.58. The van der Waals surface area contributed by atoms with Gasteiger partial charge in [0.15, 0.2) is 0 Å². The van der Waals surface area contributed by atoms with Crippen molar-refractivity contribution in [2.75, 3.05) is 0 Å². The Morgan fingerprint density at radius 3 is 1.88 bits per heavy atom. The van der Waals surface area contributed by atoms with Crippen LogP contribution in [0, 0.1) is 5.41 Å². The number of hydrogen-bond donors (Lipinski definition) is 3. The number of benzene rings is 2. The Kier molecular flexibility index (Phi) is 5.52. The average molecular weight is 390 g/mol. The predicted octanol–water partition coefficient (Wildman–Crippen LogP) is 4.35. The van der Waals surface area contributed by atoms with Gasteiger partial charge in [-0.3, -0.25) is 4.57 Å². The molecular formula is C20H21ClNO3P. The van der Waals surface area contributed by atoms with E-state index in [9.17, 15) is 14.4 Å². The van der Waals surface area contributed by atoms with E-state index in [4.69, 9.17) is 17.3 Å².